The number of carbonyl (C=O) groups is 1. The van der Waals surface area contributed by atoms with Crippen LogP contribution in [0.15, 0.2) is 12.2 Å². The number of hydrogen-bond donors (Lipinski definition) is 0. The summed E-state index contributed by atoms with van der Waals surface area (Å²) < 4.78 is 77.4. The third kappa shape index (κ3) is 2.89. The molecular weight excluding hydrogens is 242 g/mol. The van der Waals surface area contributed by atoms with E-state index in [2.05, 4.69) is 11.3 Å². The van der Waals surface area contributed by atoms with Gasteiger partial charge < -0.3 is 4.74 Å². The van der Waals surface area contributed by atoms with Crippen molar-refractivity contribution < 1.29 is 35.9 Å². The van der Waals surface area contributed by atoms with Crippen molar-refractivity contribution in [3.8, 4) is 0 Å². The van der Waals surface area contributed by atoms with E-state index in [-0.39, 0.29) is 0 Å². The van der Waals surface area contributed by atoms with Crippen LogP contribution in [-0.4, -0.2) is 31.3 Å². The fourth-order valence-corrected chi connectivity index (χ4v) is 0.762. The molecule has 8 heteroatoms. The normalized spacial score (nSPS) is 12.8. The molecule has 0 aliphatic carbocycles. The van der Waals surface area contributed by atoms with Crippen LogP contribution in [0, 0.1) is 0 Å². The quantitative estimate of drug-likeness (QED) is 0.426. The van der Waals surface area contributed by atoms with Crippen molar-refractivity contribution >= 4 is 5.97 Å². The van der Waals surface area contributed by atoms with E-state index in [9.17, 15) is 31.1 Å². The number of hydrogen-bond acceptors (Lipinski definition) is 2. The summed E-state index contributed by atoms with van der Waals surface area (Å²) in [5, 5.41) is 0. The standard InChI is InChI=1S/C8H8F6O2/c1-4(5(15)16-2)3-7(11,12)8(13,14)6(9)10/h6H,1,3H2,2H3. The Balaban J connectivity index is 4.82. The maximum atomic E-state index is 12.7. The van der Waals surface area contributed by atoms with Gasteiger partial charge in [-0.2, -0.15) is 17.6 Å². The molecule has 0 aliphatic heterocycles. The molecule has 0 rings (SSSR count). The Labute approximate surface area is 86.9 Å². The molecule has 0 aromatic rings. The zero-order valence-corrected chi connectivity index (χ0v) is 8.08. The average molecular weight is 250 g/mol. The summed E-state index contributed by atoms with van der Waals surface area (Å²) in [6, 6.07) is 0. The second-order valence-electron chi connectivity index (χ2n) is 2.90. The molecule has 0 amide bonds. The number of ether oxygens (including phenoxy) is 1. The Kier molecular flexibility index (Phi) is 4.39. The van der Waals surface area contributed by atoms with E-state index in [1.54, 1.807) is 0 Å². The fraction of sp³-hybridized carbons (Fsp3) is 0.625. The Hall–Kier alpha value is -1.21. The lowest BCUT2D eigenvalue weighted by Crippen LogP contribution is -2.46. The summed E-state index contributed by atoms with van der Waals surface area (Å²) in [7, 11) is 0.816. The summed E-state index contributed by atoms with van der Waals surface area (Å²) in [6.07, 6.45) is -6.43. The summed E-state index contributed by atoms with van der Waals surface area (Å²) in [4.78, 5) is 10.6. The highest BCUT2D eigenvalue weighted by Crippen LogP contribution is 2.42. The van der Waals surface area contributed by atoms with Gasteiger partial charge in [-0.25, -0.2) is 13.6 Å². The second kappa shape index (κ2) is 4.75. The molecule has 0 aromatic carbocycles. The van der Waals surface area contributed by atoms with Gasteiger partial charge in [-0.05, 0) is 0 Å². The first-order chi connectivity index (χ1) is 7.06. The Morgan fingerprint density at radius 1 is 1.31 bits per heavy atom. The van der Waals surface area contributed by atoms with E-state index in [0.717, 1.165) is 7.11 Å². The van der Waals surface area contributed by atoms with Gasteiger partial charge in [0, 0.05) is 12.0 Å². The molecule has 0 N–H and O–H groups in total. The van der Waals surface area contributed by atoms with E-state index in [1.165, 1.54) is 0 Å². The van der Waals surface area contributed by atoms with Gasteiger partial charge in [0.25, 0.3) is 0 Å². The minimum Gasteiger partial charge on any atom is -0.466 e. The average Bonchev–Trinajstić information content (AvgIpc) is 2.15. The number of esters is 1. The molecule has 0 aromatic heterocycles. The van der Waals surface area contributed by atoms with Crippen molar-refractivity contribution in [3.05, 3.63) is 12.2 Å². The molecule has 0 spiro atoms. The van der Waals surface area contributed by atoms with Crippen molar-refractivity contribution in [2.75, 3.05) is 7.11 Å². The van der Waals surface area contributed by atoms with Crippen LogP contribution in [-0.2, 0) is 9.53 Å². The predicted octanol–water partition coefficient (Wildman–Crippen LogP) is 2.64. The molecule has 0 atom stereocenters. The monoisotopic (exact) mass is 250 g/mol. The van der Waals surface area contributed by atoms with Crippen LogP contribution in [0.1, 0.15) is 6.42 Å². The first-order valence-electron chi connectivity index (χ1n) is 3.86. The first kappa shape index (κ1) is 14.8. The van der Waals surface area contributed by atoms with Crippen LogP contribution in [0.3, 0.4) is 0 Å². The van der Waals surface area contributed by atoms with Crippen molar-refractivity contribution in [2.45, 2.75) is 24.7 Å². The summed E-state index contributed by atoms with van der Waals surface area (Å²) >= 11 is 0. The minimum atomic E-state index is -5.52. The van der Waals surface area contributed by atoms with E-state index in [4.69, 9.17) is 0 Å². The van der Waals surface area contributed by atoms with Gasteiger partial charge in [0.05, 0.1) is 7.11 Å². The highest BCUT2D eigenvalue weighted by molar-refractivity contribution is 5.87. The van der Waals surface area contributed by atoms with Crippen molar-refractivity contribution in [1.29, 1.82) is 0 Å². The first-order valence-corrected chi connectivity index (χ1v) is 3.86. The van der Waals surface area contributed by atoms with Crippen LogP contribution >= 0.6 is 0 Å². The predicted molar refractivity (Wildman–Crippen MR) is 41.7 cm³/mol. The number of methoxy groups -OCH3 is 1. The summed E-state index contributed by atoms with van der Waals surface area (Å²) in [5.41, 5.74) is -1.01. The molecule has 0 unspecified atom stereocenters. The fourth-order valence-electron chi connectivity index (χ4n) is 0.762. The number of alkyl halides is 6. The van der Waals surface area contributed by atoms with Crippen molar-refractivity contribution in [2.24, 2.45) is 0 Å². The van der Waals surface area contributed by atoms with Crippen molar-refractivity contribution in [3.63, 3.8) is 0 Å². The maximum absolute atomic E-state index is 12.7. The molecular formula is C8H8F6O2. The van der Waals surface area contributed by atoms with Crippen LogP contribution < -0.4 is 0 Å². The van der Waals surface area contributed by atoms with Gasteiger partial charge in [-0.15, -0.1) is 0 Å². The van der Waals surface area contributed by atoms with Crippen molar-refractivity contribution in [1.82, 2.24) is 0 Å². The zero-order valence-electron chi connectivity index (χ0n) is 8.08. The Bertz CT molecular complexity index is 286. The van der Waals surface area contributed by atoms with Crippen LogP contribution in [0.2, 0.25) is 0 Å². The molecule has 0 fully saturated rings. The van der Waals surface area contributed by atoms with Crippen LogP contribution in [0.5, 0.6) is 0 Å². The molecule has 0 saturated heterocycles. The van der Waals surface area contributed by atoms with E-state index >= 15 is 0 Å². The van der Waals surface area contributed by atoms with Gasteiger partial charge in [0.2, 0.25) is 0 Å². The lowest BCUT2D eigenvalue weighted by atomic mass is 10.0. The third-order valence-electron chi connectivity index (χ3n) is 1.67. The molecule has 0 heterocycles. The summed E-state index contributed by atoms with van der Waals surface area (Å²) in [5.74, 6) is -11.9. The molecule has 0 aliphatic rings. The molecule has 0 saturated carbocycles. The number of rotatable bonds is 5. The van der Waals surface area contributed by atoms with Gasteiger partial charge >= 0.3 is 24.2 Å². The maximum Gasteiger partial charge on any atom is 0.369 e. The smallest absolute Gasteiger partial charge is 0.369 e. The Morgan fingerprint density at radius 2 is 1.75 bits per heavy atom. The van der Waals surface area contributed by atoms with E-state index in [0.29, 0.717) is 0 Å². The molecule has 94 valence electrons. The highest BCUT2D eigenvalue weighted by atomic mass is 19.3. The largest absolute Gasteiger partial charge is 0.466 e. The third-order valence-corrected chi connectivity index (χ3v) is 1.67. The second-order valence-corrected chi connectivity index (χ2v) is 2.90. The zero-order chi connectivity index (χ0) is 13.1. The van der Waals surface area contributed by atoms with Gasteiger partial charge in [0.1, 0.15) is 0 Å². The minimum absolute atomic E-state index is 0.816. The van der Waals surface area contributed by atoms with Crippen LogP contribution in [0.4, 0.5) is 26.3 Å². The van der Waals surface area contributed by atoms with E-state index < -0.39 is 36.2 Å². The molecule has 0 bridgehead atoms. The molecule has 2 nitrogen and oxygen atoms in total. The van der Waals surface area contributed by atoms with Gasteiger partial charge in [-0.3, -0.25) is 0 Å². The Morgan fingerprint density at radius 3 is 2.06 bits per heavy atom. The number of carbonyl (C=O) groups excluding carboxylic acids is 1. The van der Waals surface area contributed by atoms with Crippen LogP contribution in [0.25, 0.3) is 0 Å². The molecule has 0 radical (unpaired) electrons. The van der Waals surface area contributed by atoms with Gasteiger partial charge in [-0.1, -0.05) is 6.58 Å². The SMILES string of the molecule is C=C(CC(F)(F)C(F)(F)C(F)F)C(=O)OC. The highest BCUT2D eigenvalue weighted by Gasteiger charge is 2.62. The van der Waals surface area contributed by atoms with E-state index in [1.807, 2.05) is 0 Å². The molecule has 16 heavy (non-hydrogen) atoms. The number of halogens is 6. The summed E-state index contributed by atoms with van der Waals surface area (Å²) in [6.45, 7) is 2.75. The topological polar surface area (TPSA) is 26.3 Å². The lowest BCUT2D eigenvalue weighted by Gasteiger charge is -2.25. The lowest BCUT2D eigenvalue weighted by molar-refractivity contribution is -0.262. The van der Waals surface area contributed by atoms with Gasteiger partial charge in [0.15, 0.2) is 0 Å².